The lowest BCUT2D eigenvalue weighted by molar-refractivity contribution is 0.676. The summed E-state index contributed by atoms with van der Waals surface area (Å²) in [4.78, 5) is 4.41. The second kappa shape index (κ2) is 4.49. The van der Waals surface area contributed by atoms with Crippen LogP contribution in [0.1, 0.15) is 40.0 Å². The number of nitrogens with zero attached hydrogens (tertiary/aromatic N) is 1. The first kappa shape index (κ1) is 10.4. The molecule has 2 unspecified atom stereocenters. The van der Waals surface area contributed by atoms with Crippen LogP contribution in [-0.2, 0) is 0 Å². The van der Waals surface area contributed by atoms with Crippen LogP contribution in [0.4, 0.5) is 0 Å². The third kappa shape index (κ3) is 3.66. The van der Waals surface area contributed by atoms with Crippen molar-refractivity contribution in [2.24, 2.45) is 16.6 Å². The minimum atomic E-state index is 0.382. The number of hydrogen-bond acceptors (Lipinski definition) is 1. The summed E-state index contributed by atoms with van der Waals surface area (Å²) in [5.41, 5.74) is 5.71. The van der Waals surface area contributed by atoms with E-state index in [0.717, 1.165) is 5.92 Å². The molecule has 76 valence electrons. The van der Waals surface area contributed by atoms with Crippen molar-refractivity contribution in [3.8, 4) is 0 Å². The zero-order chi connectivity index (χ0) is 9.84. The molecule has 13 heavy (non-hydrogen) atoms. The Bertz CT molecular complexity index is 187. The van der Waals surface area contributed by atoms with Gasteiger partial charge in [0.1, 0.15) is 0 Å². The third-order valence-electron chi connectivity index (χ3n) is 2.29. The number of hydrogen-bond donors (Lipinski definition) is 2. The molecule has 1 aliphatic rings. The van der Waals surface area contributed by atoms with Gasteiger partial charge in [-0.15, -0.1) is 0 Å². The lowest BCUT2D eigenvalue weighted by Crippen LogP contribution is -2.37. The first-order valence-corrected chi connectivity index (χ1v) is 5.23. The van der Waals surface area contributed by atoms with Crippen molar-refractivity contribution in [3.63, 3.8) is 0 Å². The van der Waals surface area contributed by atoms with Crippen molar-refractivity contribution >= 4 is 5.96 Å². The highest BCUT2D eigenvalue weighted by atomic mass is 15.1. The average molecular weight is 183 g/mol. The van der Waals surface area contributed by atoms with Crippen LogP contribution >= 0.6 is 0 Å². The highest BCUT2D eigenvalue weighted by Gasteiger charge is 2.35. The molecule has 0 heterocycles. The molecule has 0 aromatic heterocycles. The largest absolute Gasteiger partial charge is 0.370 e. The number of guanidine groups is 1. The van der Waals surface area contributed by atoms with Gasteiger partial charge in [0.15, 0.2) is 5.96 Å². The topological polar surface area (TPSA) is 50.4 Å². The molecule has 1 aliphatic carbocycles. The van der Waals surface area contributed by atoms with Crippen LogP contribution in [0, 0.1) is 5.92 Å². The van der Waals surface area contributed by atoms with Crippen LogP contribution in [0.2, 0.25) is 0 Å². The van der Waals surface area contributed by atoms with E-state index in [1.54, 1.807) is 0 Å². The lowest BCUT2D eigenvalue weighted by atomic mass is 10.2. The maximum Gasteiger partial charge on any atom is 0.189 e. The lowest BCUT2D eigenvalue weighted by Gasteiger charge is -2.07. The van der Waals surface area contributed by atoms with Crippen molar-refractivity contribution in [1.29, 1.82) is 0 Å². The quantitative estimate of drug-likeness (QED) is 0.512. The van der Waals surface area contributed by atoms with Gasteiger partial charge in [0.25, 0.3) is 0 Å². The summed E-state index contributed by atoms with van der Waals surface area (Å²) >= 11 is 0. The Morgan fingerprint density at radius 2 is 2.31 bits per heavy atom. The highest BCUT2D eigenvalue weighted by Crippen LogP contribution is 2.37. The third-order valence-corrected chi connectivity index (χ3v) is 2.29. The molecule has 0 aromatic rings. The number of aliphatic imine (C=N–C) groups is 1. The summed E-state index contributed by atoms with van der Waals surface area (Å²) in [5, 5.41) is 3.10. The van der Waals surface area contributed by atoms with Gasteiger partial charge in [-0.1, -0.05) is 13.3 Å². The van der Waals surface area contributed by atoms with Crippen LogP contribution in [0.5, 0.6) is 0 Å². The Kier molecular flexibility index (Phi) is 3.58. The molecule has 0 aliphatic heterocycles. The SMILES string of the molecule is CCCC1CC1N=C(N)NC(C)C. The fourth-order valence-electron chi connectivity index (χ4n) is 1.58. The van der Waals surface area contributed by atoms with Gasteiger partial charge in [-0.2, -0.15) is 0 Å². The fraction of sp³-hybridized carbons (Fsp3) is 0.900. The molecule has 3 nitrogen and oxygen atoms in total. The molecule has 3 heteroatoms. The van der Waals surface area contributed by atoms with Gasteiger partial charge < -0.3 is 11.1 Å². The highest BCUT2D eigenvalue weighted by molar-refractivity contribution is 5.78. The Morgan fingerprint density at radius 1 is 1.62 bits per heavy atom. The molecule has 2 atom stereocenters. The van der Waals surface area contributed by atoms with E-state index in [4.69, 9.17) is 5.73 Å². The molecule has 0 spiro atoms. The van der Waals surface area contributed by atoms with E-state index in [-0.39, 0.29) is 0 Å². The van der Waals surface area contributed by atoms with Crippen LogP contribution in [0.25, 0.3) is 0 Å². The Hall–Kier alpha value is -0.730. The fourth-order valence-corrected chi connectivity index (χ4v) is 1.58. The minimum Gasteiger partial charge on any atom is -0.370 e. The van der Waals surface area contributed by atoms with E-state index in [1.165, 1.54) is 19.3 Å². The number of rotatable bonds is 4. The maximum absolute atomic E-state index is 5.71. The molecule has 3 N–H and O–H groups in total. The van der Waals surface area contributed by atoms with Gasteiger partial charge in [0.2, 0.25) is 0 Å². The van der Waals surface area contributed by atoms with E-state index >= 15 is 0 Å². The van der Waals surface area contributed by atoms with Crippen LogP contribution < -0.4 is 11.1 Å². The second-order valence-corrected chi connectivity index (χ2v) is 4.17. The smallest absolute Gasteiger partial charge is 0.189 e. The summed E-state index contributed by atoms with van der Waals surface area (Å²) in [7, 11) is 0. The van der Waals surface area contributed by atoms with Gasteiger partial charge in [0.05, 0.1) is 6.04 Å². The van der Waals surface area contributed by atoms with Crippen molar-refractivity contribution in [2.75, 3.05) is 0 Å². The molecule has 1 rings (SSSR count). The predicted octanol–water partition coefficient (Wildman–Crippen LogP) is 1.49. The average Bonchev–Trinajstić information content (AvgIpc) is 2.66. The molecule has 0 radical (unpaired) electrons. The number of nitrogens with two attached hydrogens (primary N) is 1. The standard InChI is InChI=1S/C10H21N3/c1-4-5-8-6-9(8)13-10(11)12-7(2)3/h7-9H,4-6H2,1-3H3,(H3,11,12,13). The molecule has 1 saturated carbocycles. The zero-order valence-corrected chi connectivity index (χ0v) is 8.88. The van der Waals surface area contributed by atoms with Crippen molar-refractivity contribution in [2.45, 2.75) is 52.1 Å². The Labute approximate surface area is 80.8 Å². The summed E-state index contributed by atoms with van der Waals surface area (Å²) in [6.07, 6.45) is 3.78. The molecule has 0 bridgehead atoms. The summed E-state index contributed by atoms with van der Waals surface area (Å²) in [5.74, 6) is 1.41. The molecular formula is C10H21N3. The summed E-state index contributed by atoms with van der Waals surface area (Å²) < 4.78 is 0. The van der Waals surface area contributed by atoms with Gasteiger partial charge in [-0.05, 0) is 32.6 Å². The van der Waals surface area contributed by atoms with Crippen molar-refractivity contribution in [1.82, 2.24) is 5.32 Å². The molecule has 0 amide bonds. The first-order chi connectivity index (χ1) is 6.13. The zero-order valence-electron chi connectivity index (χ0n) is 8.88. The predicted molar refractivity (Wildman–Crippen MR) is 56.7 cm³/mol. The minimum absolute atomic E-state index is 0.382. The monoisotopic (exact) mass is 183 g/mol. The maximum atomic E-state index is 5.71. The normalized spacial score (nSPS) is 27.8. The van der Waals surface area contributed by atoms with E-state index in [0.29, 0.717) is 18.0 Å². The van der Waals surface area contributed by atoms with Crippen LogP contribution in [0.15, 0.2) is 4.99 Å². The van der Waals surface area contributed by atoms with E-state index in [9.17, 15) is 0 Å². The molecule has 0 aromatic carbocycles. The van der Waals surface area contributed by atoms with Gasteiger partial charge in [-0.3, -0.25) is 0 Å². The van der Waals surface area contributed by atoms with E-state index in [1.807, 2.05) is 0 Å². The first-order valence-electron chi connectivity index (χ1n) is 5.23. The van der Waals surface area contributed by atoms with Gasteiger partial charge >= 0.3 is 0 Å². The molecular weight excluding hydrogens is 162 g/mol. The van der Waals surface area contributed by atoms with Crippen molar-refractivity contribution < 1.29 is 0 Å². The van der Waals surface area contributed by atoms with E-state index < -0.39 is 0 Å². The molecule has 1 fully saturated rings. The number of nitrogens with one attached hydrogen (secondary N) is 1. The molecule has 0 saturated heterocycles. The summed E-state index contributed by atoms with van der Waals surface area (Å²) in [6, 6.07) is 0.887. The van der Waals surface area contributed by atoms with Crippen LogP contribution in [0.3, 0.4) is 0 Å². The van der Waals surface area contributed by atoms with E-state index in [2.05, 4.69) is 31.1 Å². The van der Waals surface area contributed by atoms with Gasteiger partial charge in [-0.25, -0.2) is 4.99 Å². The Morgan fingerprint density at radius 3 is 2.85 bits per heavy atom. The van der Waals surface area contributed by atoms with Crippen molar-refractivity contribution in [3.05, 3.63) is 0 Å². The van der Waals surface area contributed by atoms with Crippen LogP contribution in [-0.4, -0.2) is 18.0 Å². The van der Waals surface area contributed by atoms with Gasteiger partial charge in [0, 0.05) is 6.04 Å². The second-order valence-electron chi connectivity index (χ2n) is 4.17. The Balaban J connectivity index is 2.24. The summed E-state index contributed by atoms with van der Waals surface area (Å²) in [6.45, 7) is 6.35.